The maximum Gasteiger partial charge on any atom is 0.306 e. The number of carbonyl (C=O) groups is 2. The highest BCUT2D eigenvalue weighted by atomic mass is 16.5. The topological polar surface area (TPSA) is 75.6 Å². The van der Waals surface area contributed by atoms with Gasteiger partial charge < -0.3 is 15.2 Å². The first kappa shape index (κ1) is 16.0. The van der Waals surface area contributed by atoms with Gasteiger partial charge in [-0.2, -0.15) is 0 Å². The van der Waals surface area contributed by atoms with Crippen molar-refractivity contribution < 1.29 is 19.4 Å². The third-order valence-electron chi connectivity index (χ3n) is 3.56. The van der Waals surface area contributed by atoms with Gasteiger partial charge >= 0.3 is 5.97 Å². The predicted octanol–water partition coefficient (Wildman–Crippen LogP) is 1.81. The Morgan fingerprint density at radius 3 is 2.53 bits per heavy atom. The number of nitrogens with one attached hydrogen (secondary N) is 1. The molecule has 0 radical (unpaired) electrons. The van der Waals surface area contributed by atoms with E-state index in [2.05, 4.69) is 19.2 Å². The number of hydrogen-bond donors (Lipinski definition) is 2. The maximum absolute atomic E-state index is 11.9. The minimum Gasteiger partial charge on any atom is -0.481 e. The van der Waals surface area contributed by atoms with Crippen molar-refractivity contribution in [1.82, 2.24) is 5.32 Å². The second-order valence-electron chi connectivity index (χ2n) is 5.75. The molecule has 19 heavy (non-hydrogen) atoms. The molecule has 1 aliphatic rings. The van der Waals surface area contributed by atoms with Gasteiger partial charge in [-0.3, -0.25) is 9.59 Å². The van der Waals surface area contributed by atoms with Gasteiger partial charge in [-0.15, -0.1) is 0 Å². The number of amides is 1. The van der Waals surface area contributed by atoms with Crippen LogP contribution in [-0.4, -0.2) is 35.7 Å². The van der Waals surface area contributed by atoms with Gasteiger partial charge in [0.1, 0.15) is 6.10 Å². The number of carboxylic acids is 1. The lowest BCUT2D eigenvalue weighted by atomic mass is 10.1. The molecule has 5 heteroatoms. The van der Waals surface area contributed by atoms with Crippen LogP contribution in [0.1, 0.15) is 46.5 Å². The molecule has 0 heterocycles. The Hall–Kier alpha value is -1.10. The number of rotatable bonds is 7. The zero-order valence-corrected chi connectivity index (χ0v) is 12.0. The summed E-state index contributed by atoms with van der Waals surface area (Å²) in [7, 11) is 0. The lowest BCUT2D eigenvalue weighted by Gasteiger charge is -2.17. The number of ether oxygens (including phenoxy) is 1. The van der Waals surface area contributed by atoms with E-state index in [9.17, 15) is 9.59 Å². The minimum atomic E-state index is -0.766. The van der Waals surface area contributed by atoms with Crippen LogP contribution in [0.2, 0.25) is 0 Å². The van der Waals surface area contributed by atoms with Crippen LogP contribution >= 0.6 is 0 Å². The average molecular weight is 271 g/mol. The second kappa shape index (κ2) is 7.48. The van der Waals surface area contributed by atoms with Gasteiger partial charge in [-0.1, -0.05) is 13.8 Å². The van der Waals surface area contributed by atoms with Crippen LogP contribution < -0.4 is 5.32 Å². The standard InChI is InChI=1S/C14H25NO4/c1-9(2)6-7-19-10(3)13(16)15-12-5-4-11(8-12)14(17)18/h9-12H,4-8H2,1-3H3,(H,15,16)(H,17,18)/t10?,11-,12+/m1/s1. The lowest BCUT2D eigenvalue weighted by molar-refractivity contribution is -0.141. The fourth-order valence-corrected chi connectivity index (χ4v) is 2.21. The Balaban J connectivity index is 2.25. The number of carboxylic acid groups (broad SMARTS) is 1. The largest absolute Gasteiger partial charge is 0.481 e. The van der Waals surface area contributed by atoms with Crippen LogP contribution in [0, 0.1) is 11.8 Å². The zero-order chi connectivity index (χ0) is 14.4. The summed E-state index contributed by atoms with van der Waals surface area (Å²) in [5.41, 5.74) is 0. The normalized spacial score (nSPS) is 24.4. The smallest absolute Gasteiger partial charge is 0.306 e. The highest BCUT2D eigenvalue weighted by Crippen LogP contribution is 2.25. The molecule has 1 unspecified atom stereocenters. The molecule has 0 saturated heterocycles. The molecular formula is C14H25NO4. The molecule has 1 amide bonds. The Kier molecular flexibility index (Phi) is 6.28. The molecule has 0 aliphatic heterocycles. The zero-order valence-electron chi connectivity index (χ0n) is 12.0. The fourth-order valence-electron chi connectivity index (χ4n) is 2.21. The van der Waals surface area contributed by atoms with E-state index in [1.807, 2.05) is 0 Å². The summed E-state index contributed by atoms with van der Waals surface area (Å²) in [5.74, 6) is -0.665. The summed E-state index contributed by atoms with van der Waals surface area (Å²) in [5, 5.41) is 11.8. The summed E-state index contributed by atoms with van der Waals surface area (Å²) in [4.78, 5) is 22.7. The van der Waals surface area contributed by atoms with Gasteiger partial charge in [-0.05, 0) is 38.5 Å². The summed E-state index contributed by atoms with van der Waals surface area (Å²) < 4.78 is 5.47. The van der Waals surface area contributed by atoms with E-state index < -0.39 is 12.1 Å². The predicted molar refractivity (Wildman–Crippen MR) is 71.8 cm³/mol. The first-order valence-electron chi connectivity index (χ1n) is 7.05. The summed E-state index contributed by atoms with van der Waals surface area (Å²) in [6.07, 6.45) is 2.37. The number of hydrogen-bond acceptors (Lipinski definition) is 3. The van der Waals surface area contributed by atoms with Crippen LogP contribution in [0.4, 0.5) is 0 Å². The van der Waals surface area contributed by atoms with Crippen molar-refractivity contribution in [2.45, 2.75) is 58.6 Å². The summed E-state index contributed by atoms with van der Waals surface area (Å²) in [6, 6.07) is -0.0234. The van der Waals surface area contributed by atoms with E-state index in [4.69, 9.17) is 9.84 Å². The Morgan fingerprint density at radius 2 is 2.00 bits per heavy atom. The van der Waals surface area contributed by atoms with Crippen LogP contribution in [0.3, 0.4) is 0 Å². The van der Waals surface area contributed by atoms with E-state index in [-0.39, 0.29) is 17.9 Å². The van der Waals surface area contributed by atoms with Crippen molar-refractivity contribution >= 4 is 11.9 Å². The van der Waals surface area contributed by atoms with E-state index in [0.717, 1.165) is 12.8 Å². The molecule has 0 bridgehead atoms. The van der Waals surface area contributed by atoms with Gasteiger partial charge in [0, 0.05) is 12.6 Å². The molecule has 0 aromatic carbocycles. The molecule has 0 spiro atoms. The molecule has 1 saturated carbocycles. The Bertz CT molecular complexity index is 317. The van der Waals surface area contributed by atoms with Crippen molar-refractivity contribution in [1.29, 1.82) is 0 Å². The fraction of sp³-hybridized carbons (Fsp3) is 0.857. The third kappa shape index (κ3) is 5.59. The quantitative estimate of drug-likeness (QED) is 0.740. The summed E-state index contributed by atoms with van der Waals surface area (Å²) >= 11 is 0. The van der Waals surface area contributed by atoms with E-state index in [1.54, 1.807) is 6.92 Å². The van der Waals surface area contributed by atoms with Crippen molar-refractivity contribution in [2.75, 3.05) is 6.61 Å². The van der Waals surface area contributed by atoms with Crippen molar-refractivity contribution in [2.24, 2.45) is 11.8 Å². The number of aliphatic carboxylic acids is 1. The van der Waals surface area contributed by atoms with Gasteiger partial charge in [0.2, 0.25) is 5.91 Å². The molecule has 1 aliphatic carbocycles. The molecule has 0 aromatic heterocycles. The SMILES string of the molecule is CC(C)CCOC(C)C(=O)N[C@H]1CC[C@@H](C(=O)O)C1. The Labute approximate surface area is 114 Å². The van der Waals surface area contributed by atoms with E-state index in [1.165, 1.54) is 0 Å². The van der Waals surface area contributed by atoms with Crippen LogP contribution in [-0.2, 0) is 14.3 Å². The van der Waals surface area contributed by atoms with Gasteiger partial charge in [0.25, 0.3) is 0 Å². The maximum atomic E-state index is 11.9. The van der Waals surface area contributed by atoms with Crippen molar-refractivity contribution in [3.8, 4) is 0 Å². The van der Waals surface area contributed by atoms with Gasteiger partial charge in [0.15, 0.2) is 0 Å². The van der Waals surface area contributed by atoms with Crippen LogP contribution in [0.5, 0.6) is 0 Å². The molecule has 0 aromatic rings. The first-order chi connectivity index (χ1) is 8.90. The van der Waals surface area contributed by atoms with Crippen molar-refractivity contribution in [3.05, 3.63) is 0 Å². The highest BCUT2D eigenvalue weighted by Gasteiger charge is 2.31. The molecule has 2 N–H and O–H groups in total. The minimum absolute atomic E-state index is 0.0234. The van der Waals surface area contributed by atoms with E-state index in [0.29, 0.717) is 25.4 Å². The van der Waals surface area contributed by atoms with Crippen molar-refractivity contribution in [3.63, 3.8) is 0 Å². The van der Waals surface area contributed by atoms with Gasteiger partial charge in [-0.25, -0.2) is 0 Å². The molecule has 1 fully saturated rings. The molecule has 3 atom stereocenters. The third-order valence-corrected chi connectivity index (χ3v) is 3.56. The second-order valence-corrected chi connectivity index (χ2v) is 5.75. The molecule has 5 nitrogen and oxygen atoms in total. The van der Waals surface area contributed by atoms with Gasteiger partial charge in [0.05, 0.1) is 5.92 Å². The number of carbonyl (C=O) groups excluding carboxylic acids is 1. The van der Waals surface area contributed by atoms with E-state index >= 15 is 0 Å². The first-order valence-corrected chi connectivity index (χ1v) is 7.05. The monoisotopic (exact) mass is 271 g/mol. The molecule has 110 valence electrons. The van der Waals surface area contributed by atoms with Crippen LogP contribution in [0.25, 0.3) is 0 Å². The Morgan fingerprint density at radius 1 is 1.32 bits per heavy atom. The average Bonchev–Trinajstić information content (AvgIpc) is 2.76. The highest BCUT2D eigenvalue weighted by molar-refractivity contribution is 5.80. The molecular weight excluding hydrogens is 246 g/mol. The summed E-state index contributed by atoms with van der Waals surface area (Å²) in [6.45, 7) is 6.53. The molecule has 1 rings (SSSR count). The lowest BCUT2D eigenvalue weighted by Crippen LogP contribution is -2.40. The van der Waals surface area contributed by atoms with Crippen LogP contribution in [0.15, 0.2) is 0 Å².